The van der Waals surface area contributed by atoms with Gasteiger partial charge in [-0.1, -0.05) is 48.5 Å². The Morgan fingerprint density at radius 3 is 2.14 bits per heavy atom. The summed E-state index contributed by atoms with van der Waals surface area (Å²) in [5, 5.41) is 0. The van der Waals surface area contributed by atoms with Crippen LogP contribution < -0.4 is 9.47 Å². The van der Waals surface area contributed by atoms with Gasteiger partial charge in [-0.3, -0.25) is 4.79 Å². The number of esters is 1. The number of carbonyl (C=O) groups is 2. The van der Waals surface area contributed by atoms with E-state index in [1.165, 1.54) is 12.2 Å². The topological polar surface area (TPSA) is 52.6 Å². The zero-order valence-corrected chi connectivity index (χ0v) is 15.9. The fourth-order valence-corrected chi connectivity index (χ4v) is 2.58. The molecule has 0 fully saturated rings. The van der Waals surface area contributed by atoms with Gasteiger partial charge in [-0.05, 0) is 59.7 Å². The van der Waals surface area contributed by atoms with Gasteiger partial charge < -0.3 is 9.47 Å². The minimum Gasteiger partial charge on any atom is -0.497 e. The maximum absolute atomic E-state index is 12.3. The quantitative estimate of drug-likeness (QED) is 0.243. The molecule has 3 aromatic carbocycles. The largest absolute Gasteiger partial charge is 0.497 e. The van der Waals surface area contributed by atoms with Crippen LogP contribution in [0.15, 0.2) is 91.0 Å². The van der Waals surface area contributed by atoms with Crippen molar-refractivity contribution in [3.63, 3.8) is 0 Å². The van der Waals surface area contributed by atoms with E-state index in [-0.39, 0.29) is 5.78 Å². The molecule has 0 saturated carbocycles. The number of hydrogen-bond acceptors (Lipinski definition) is 4. The third-order valence-electron chi connectivity index (χ3n) is 4.09. The summed E-state index contributed by atoms with van der Waals surface area (Å²) in [4.78, 5) is 24.3. The molecule has 4 nitrogen and oxygen atoms in total. The van der Waals surface area contributed by atoms with E-state index in [4.69, 9.17) is 9.47 Å². The van der Waals surface area contributed by atoms with Gasteiger partial charge in [-0.25, -0.2) is 4.79 Å². The van der Waals surface area contributed by atoms with Crippen LogP contribution in [0, 0.1) is 0 Å². The smallest absolute Gasteiger partial charge is 0.336 e. The molecule has 0 aliphatic carbocycles. The molecule has 3 rings (SSSR count). The monoisotopic (exact) mass is 384 g/mol. The summed E-state index contributed by atoms with van der Waals surface area (Å²) in [5.74, 6) is 0.512. The summed E-state index contributed by atoms with van der Waals surface area (Å²) in [7, 11) is 1.58. The number of hydrogen-bond donors (Lipinski definition) is 0. The maximum Gasteiger partial charge on any atom is 0.336 e. The van der Waals surface area contributed by atoms with E-state index in [9.17, 15) is 9.59 Å². The van der Waals surface area contributed by atoms with Crippen molar-refractivity contribution in [2.45, 2.75) is 0 Å². The molecular weight excluding hydrogens is 364 g/mol. The maximum atomic E-state index is 12.3. The standard InChI is InChI=1S/C25H20O4/c1-28-22-14-12-21(13-15-22)24(26)16-10-20-8-5-9-23(18-20)29-25(27)17-11-19-6-3-2-4-7-19/h2-18H,1H3/b16-10+,17-11+. The summed E-state index contributed by atoms with van der Waals surface area (Å²) in [6, 6.07) is 23.4. The second-order valence-corrected chi connectivity index (χ2v) is 6.16. The van der Waals surface area contributed by atoms with Gasteiger partial charge in [0.2, 0.25) is 0 Å². The average molecular weight is 384 g/mol. The van der Waals surface area contributed by atoms with E-state index in [0.717, 1.165) is 11.1 Å². The molecule has 144 valence electrons. The highest BCUT2D eigenvalue weighted by Gasteiger charge is 2.03. The van der Waals surface area contributed by atoms with Crippen LogP contribution in [-0.2, 0) is 4.79 Å². The SMILES string of the molecule is COc1ccc(C(=O)/C=C/c2cccc(OC(=O)/C=C/c3ccccc3)c2)cc1. The normalized spacial score (nSPS) is 10.9. The number of ketones is 1. The van der Waals surface area contributed by atoms with Crippen molar-refractivity contribution in [2.24, 2.45) is 0 Å². The molecule has 3 aromatic rings. The zero-order chi connectivity index (χ0) is 20.5. The Hall–Kier alpha value is -3.92. The van der Waals surface area contributed by atoms with E-state index in [2.05, 4.69) is 0 Å². The first-order chi connectivity index (χ1) is 14.1. The number of methoxy groups -OCH3 is 1. The second kappa shape index (κ2) is 9.85. The summed E-state index contributed by atoms with van der Waals surface area (Å²) < 4.78 is 10.4. The predicted molar refractivity (Wildman–Crippen MR) is 114 cm³/mol. The van der Waals surface area contributed by atoms with Crippen molar-refractivity contribution < 1.29 is 19.1 Å². The van der Waals surface area contributed by atoms with Crippen LogP contribution in [0.1, 0.15) is 21.5 Å². The van der Waals surface area contributed by atoms with Crippen LogP contribution in [0.5, 0.6) is 11.5 Å². The van der Waals surface area contributed by atoms with E-state index >= 15 is 0 Å². The van der Waals surface area contributed by atoms with Crippen LogP contribution >= 0.6 is 0 Å². The van der Waals surface area contributed by atoms with Crippen molar-refractivity contribution in [3.05, 3.63) is 108 Å². The minimum atomic E-state index is -0.468. The summed E-state index contributed by atoms with van der Waals surface area (Å²) in [6.07, 6.45) is 6.24. The number of benzene rings is 3. The van der Waals surface area contributed by atoms with Gasteiger partial charge in [0, 0.05) is 11.6 Å². The highest BCUT2D eigenvalue weighted by Crippen LogP contribution is 2.16. The first kappa shape index (κ1) is 19.8. The summed E-state index contributed by atoms with van der Waals surface area (Å²) in [5.41, 5.74) is 2.23. The molecule has 0 atom stereocenters. The third-order valence-corrected chi connectivity index (χ3v) is 4.09. The number of allylic oxidation sites excluding steroid dienone is 1. The lowest BCUT2D eigenvalue weighted by Gasteiger charge is -2.03. The van der Waals surface area contributed by atoms with Crippen molar-refractivity contribution in [1.29, 1.82) is 0 Å². The molecule has 0 spiro atoms. The van der Waals surface area contributed by atoms with Gasteiger partial charge in [-0.15, -0.1) is 0 Å². The van der Waals surface area contributed by atoms with Crippen molar-refractivity contribution in [3.8, 4) is 11.5 Å². The zero-order valence-electron chi connectivity index (χ0n) is 15.9. The minimum absolute atomic E-state index is 0.124. The lowest BCUT2D eigenvalue weighted by atomic mass is 10.1. The Balaban J connectivity index is 1.62. The molecule has 0 radical (unpaired) electrons. The molecule has 0 unspecified atom stereocenters. The van der Waals surface area contributed by atoms with Gasteiger partial charge in [0.05, 0.1) is 7.11 Å². The van der Waals surface area contributed by atoms with Crippen molar-refractivity contribution in [1.82, 2.24) is 0 Å². The van der Waals surface area contributed by atoms with Gasteiger partial charge in [-0.2, -0.15) is 0 Å². The number of rotatable bonds is 7. The van der Waals surface area contributed by atoms with Crippen LogP contribution in [0.2, 0.25) is 0 Å². The van der Waals surface area contributed by atoms with Crippen LogP contribution in [0.25, 0.3) is 12.2 Å². The molecule has 0 aliphatic rings. The van der Waals surface area contributed by atoms with Gasteiger partial charge in [0.25, 0.3) is 0 Å². The molecule has 0 heterocycles. The molecule has 0 aliphatic heterocycles. The highest BCUT2D eigenvalue weighted by atomic mass is 16.5. The molecule has 0 amide bonds. The Labute approximate surface area is 169 Å². The Morgan fingerprint density at radius 2 is 1.41 bits per heavy atom. The fourth-order valence-electron chi connectivity index (χ4n) is 2.58. The number of carbonyl (C=O) groups excluding carboxylic acids is 2. The van der Waals surface area contributed by atoms with Gasteiger partial charge in [0.1, 0.15) is 11.5 Å². The van der Waals surface area contributed by atoms with E-state index < -0.39 is 5.97 Å². The molecule has 0 bridgehead atoms. The van der Waals surface area contributed by atoms with E-state index in [1.807, 2.05) is 36.4 Å². The van der Waals surface area contributed by atoms with Gasteiger partial charge in [0.15, 0.2) is 5.78 Å². The first-order valence-corrected chi connectivity index (χ1v) is 9.05. The first-order valence-electron chi connectivity index (χ1n) is 9.05. The average Bonchev–Trinajstić information content (AvgIpc) is 2.77. The third kappa shape index (κ3) is 6.04. The Kier molecular flexibility index (Phi) is 6.74. The molecule has 4 heteroatoms. The molecule has 0 aromatic heterocycles. The Bertz CT molecular complexity index is 1030. The molecule has 29 heavy (non-hydrogen) atoms. The summed E-state index contributed by atoms with van der Waals surface area (Å²) in [6.45, 7) is 0. The molecule has 0 N–H and O–H groups in total. The fraction of sp³-hybridized carbons (Fsp3) is 0.0400. The predicted octanol–water partition coefficient (Wildman–Crippen LogP) is 5.21. The van der Waals surface area contributed by atoms with Crippen LogP contribution in [-0.4, -0.2) is 18.9 Å². The highest BCUT2D eigenvalue weighted by molar-refractivity contribution is 6.06. The van der Waals surface area contributed by atoms with E-state index in [1.54, 1.807) is 61.7 Å². The molecule has 0 saturated heterocycles. The van der Waals surface area contributed by atoms with Gasteiger partial charge >= 0.3 is 5.97 Å². The van der Waals surface area contributed by atoms with E-state index in [0.29, 0.717) is 17.1 Å². The second-order valence-electron chi connectivity index (χ2n) is 6.16. The van der Waals surface area contributed by atoms with Crippen LogP contribution in [0.3, 0.4) is 0 Å². The van der Waals surface area contributed by atoms with Crippen LogP contribution in [0.4, 0.5) is 0 Å². The molecular formula is C25H20O4. The lowest BCUT2D eigenvalue weighted by Crippen LogP contribution is -2.03. The van der Waals surface area contributed by atoms with Crippen molar-refractivity contribution in [2.75, 3.05) is 7.11 Å². The lowest BCUT2D eigenvalue weighted by molar-refractivity contribution is -0.128. The Morgan fingerprint density at radius 1 is 0.724 bits per heavy atom. The number of ether oxygens (including phenoxy) is 2. The van der Waals surface area contributed by atoms with Crippen molar-refractivity contribution >= 4 is 23.9 Å². The summed E-state index contributed by atoms with van der Waals surface area (Å²) >= 11 is 0.